The fourth-order valence-electron chi connectivity index (χ4n) is 2.40. The molecule has 0 fully saturated rings. The van der Waals surface area contributed by atoms with E-state index < -0.39 is 33.6 Å². The maximum Gasteiger partial charge on any atom is 0.490 e. The molecule has 38 heavy (non-hydrogen) atoms. The van der Waals surface area contributed by atoms with E-state index in [0.717, 1.165) is 4.57 Å². The van der Waals surface area contributed by atoms with E-state index in [4.69, 9.17) is 49.1 Å². The minimum atomic E-state index is -5.08. The molecule has 1 aromatic heterocycles. The smallest absolute Gasteiger partial charge is 0.475 e. The van der Waals surface area contributed by atoms with Crippen LogP contribution in [0.3, 0.4) is 0 Å². The predicted molar refractivity (Wildman–Crippen MR) is 130 cm³/mol. The average Bonchev–Trinajstić information content (AvgIpc) is 2.77. The van der Waals surface area contributed by atoms with Crippen LogP contribution in [-0.2, 0) is 31.0 Å². The van der Waals surface area contributed by atoms with Crippen LogP contribution in [0.25, 0.3) is 0 Å². The minimum absolute atomic E-state index is 0.0290. The van der Waals surface area contributed by atoms with Gasteiger partial charge in [-0.2, -0.15) is 13.2 Å². The van der Waals surface area contributed by atoms with Crippen LogP contribution in [0, 0.1) is 12.3 Å². The normalized spacial score (nSPS) is 11.1. The number of benzene rings is 1. The van der Waals surface area contributed by atoms with Crippen molar-refractivity contribution in [2.45, 2.75) is 24.5 Å². The number of carbonyl (C=O) groups excluding carboxylic acids is 1. The number of aryl methyl sites for hydroxylation is 1. The highest BCUT2D eigenvalue weighted by atomic mass is 35.5. The molecule has 0 bridgehead atoms. The molecule has 2 rings (SSSR count). The number of aliphatic carboxylic acids is 1. The number of carbonyl (C=O) groups is 2. The van der Waals surface area contributed by atoms with Gasteiger partial charge in [0.1, 0.15) is 12.2 Å². The first-order chi connectivity index (χ1) is 17.4. The number of nitrogens with zero attached hydrogens (tertiary/aromatic N) is 1. The molecule has 0 spiro atoms. The Kier molecular flexibility index (Phi) is 11.8. The van der Waals surface area contributed by atoms with Gasteiger partial charge in [0.15, 0.2) is 0 Å². The molecular formula is C19H21Cl2F3N6O7S. The van der Waals surface area contributed by atoms with Crippen LogP contribution in [-0.4, -0.2) is 55.3 Å². The molecular weight excluding hydrogens is 584 g/mol. The van der Waals surface area contributed by atoms with Gasteiger partial charge in [0.25, 0.3) is 15.6 Å². The fraction of sp³-hybridized carbons (Fsp3) is 0.263. The van der Waals surface area contributed by atoms with Crippen LogP contribution in [0.2, 0.25) is 10.0 Å². The van der Waals surface area contributed by atoms with Gasteiger partial charge >= 0.3 is 12.1 Å². The van der Waals surface area contributed by atoms with Gasteiger partial charge in [-0.1, -0.05) is 23.2 Å². The molecule has 1 heterocycles. The zero-order chi connectivity index (χ0) is 29.3. The van der Waals surface area contributed by atoms with E-state index in [1.54, 1.807) is 6.92 Å². The predicted octanol–water partition coefficient (Wildman–Crippen LogP) is 1.43. The SMILES string of the molecule is Cc1ccc(NS(=O)(=O)c2cc(Cl)cc(Cl)c2)c(=O)n1CC(=O)NCCONC(=N)N.O=C(O)C(F)(F)F. The van der Waals surface area contributed by atoms with Gasteiger partial charge in [0, 0.05) is 22.3 Å². The molecule has 19 heteroatoms. The van der Waals surface area contributed by atoms with Crippen LogP contribution < -0.4 is 26.8 Å². The number of halogens is 5. The van der Waals surface area contributed by atoms with Crippen LogP contribution in [0.5, 0.6) is 0 Å². The standard InChI is InChI=1S/C17H20Cl2N6O5S.C2HF3O2/c1-10-2-3-14(24-31(28,29)13-7-11(18)6-12(19)8-13)16(27)25(10)9-15(26)22-4-5-30-23-17(20)21;3-2(4,5)1(6)7/h2-3,6-8,24H,4-5,9H2,1H3,(H,22,26)(H4,20,21,23);(H,6,7). The zero-order valence-electron chi connectivity index (χ0n) is 19.2. The maximum absolute atomic E-state index is 12.8. The summed E-state index contributed by atoms with van der Waals surface area (Å²) in [6, 6.07) is 6.56. The minimum Gasteiger partial charge on any atom is -0.475 e. The highest BCUT2D eigenvalue weighted by Gasteiger charge is 2.38. The Balaban J connectivity index is 0.000000905. The third-order valence-electron chi connectivity index (χ3n) is 4.04. The second kappa shape index (κ2) is 13.8. The number of carboxylic acid groups (broad SMARTS) is 1. The largest absolute Gasteiger partial charge is 0.490 e. The molecule has 13 nitrogen and oxygen atoms in total. The number of amides is 1. The van der Waals surface area contributed by atoms with Crippen LogP contribution in [0.4, 0.5) is 18.9 Å². The van der Waals surface area contributed by atoms with E-state index >= 15 is 0 Å². The maximum atomic E-state index is 12.8. The Morgan fingerprint density at radius 3 is 2.24 bits per heavy atom. The second-order valence-electron chi connectivity index (χ2n) is 7.01. The molecule has 2 aromatic rings. The third kappa shape index (κ3) is 10.8. The van der Waals surface area contributed by atoms with Crippen molar-refractivity contribution in [1.29, 1.82) is 5.41 Å². The molecule has 0 aliphatic carbocycles. The summed E-state index contributed by atoms with van der Waals surface area (Å²) in [7, 11) is -4.15. The summed E-state index contributed by atoms with van der Waals surface area (Å²) >= 11 is 11.7. The Labute approximate surface area is 223 Å². The monoisotopic (exact) mass is 604 g/mol. The van der Waals surface area contributed by atoms with Gasteiger partial charge in [-0.15, -0.1) is 0 Å². The summed E-state index contributed by atoms with van der Waals surface area (Å²) in [6.45, 7) is 1.38. The number of carboxylic acids is 1. The van der Waals surface area contributed by atoms with Crippen LogP contribution in [0.15, 0.2) is 40.0 Å². The Morgan fingerprint density at radius 2 is 1.74 bits per heavy atom. The number of hydrogen-bond donors (Lipinski definition) is 6. The summed E-state index contributed by atoms with van der Waals surface area (Å²) in [4.78, 5) is 38.4. The number of aromatic nitrogens is 1. The topological polar surface area (TPSA) is 206 Å². The van der Waals surface area contributed by atoms with Crippen LogP contribution >= 0.6 is 23.2 Å². The van der Waals surface area contributed by atoms with E-state index in [9.17, 15) is 31.2 Å². The first-order valence-electron chi connectivity index (χ1n) is 9.92. The van der Waals surface area contributed by atoms with Gasteiger partial charge in [-0.3, -0.25) is 24.6 Å². The Morgan fingerprint density at radius 1 is 1.18 bits per heavy atom. The van der Waals surface area contributed by atoms with Crippen LogP contribution in [0.1, 0.15) is 5.69 Å². The fourth-order valence-corrected chi connectivity index (χ4v) is 4.18. The van der Waals surface area contributed by atoms with Gasteiger partial charge < -0.3 is 20.7 Å². The van der Waals surface area contributed by atoms with Gasteiger partial charge in [-0.25, -0.2) is 18.7 Å². The second-order valence-corrected chi connectivity index (χ2v) is 9.56. The van der Waals surface area contributed by atoms with Gasteiger partial charge in [0.2, 0.25) is 11.9 Å². The summed E-state index contributed by atoms with van der Waals surface area (Å²) in [5.74, 6) is -3.64. The van der Waals surface area contributed by atoms with Crippen molar-refractivity contribution in [3.05, 3.63) is 56.4 Å². The van der Waals surface area contributed by atoms with Crippen molar-refractivity contribution < 1.29 is 41.1 Å². The molecule has 210 valence electrons. The number of anilines is 1. The summed E-state index contributed by atoms with van der Waals surface area (Å²) in [5, 5.41) is 16.8. The Hall–Kier alpha value is -3.54. The van der Waals surface area contributed by atoms with Gasteiger partial charge in [-0.05, 0) is 37.3 Å². The van der Waals surface area contributed by atoms with Crippen molar-refractivity contribution in [2.75, 3.05) is 17.9 Å². The number of hydroxylamine groups is 1. The number of nitrogens with two attached hydrogens (primary N) is 1. The molecule has 1 aromatic carbocycles. The highest BCUT2D eigenvalue weighted by molar-refractivity contribution is 7.92. The van der Waals surface area contributed by atoms with Crippen molar-refractivity contribution in [3.8, 4) is 0 Å². The number of hydrogen-bond acceptors (Lipinski definition) is 7. The molecule has 1 amide bonds. The van der Waals surface area contributed by atoms with Crippen molar-refractivity contribution in [1.82, 2.24) is 15.4 Å². The molecule has 0 saturated heterocycles. The number of sulfonamides is 1. The lowest BCUT2D eigenvalue weighted by atomic mass is 10.3. The molecule has 0 unspecified atom stereocenters. The average molecular weight is 605 g/mol. The van der Waals surface area contributed by atoms with Gasteiger partial charge in [0.05, 0.1) is 11.5 Å². The lowest BCUT2D eigenvalue weighted by Gasteiger charge is -2.14. The lowest BCUT2D eigenvalue weighted by Crippen LogP contribution is -2.37. The summed E-state index contributed by atoms with van der Waals surface area (Å²) in [5.41, 5.74) is 6.64. The first-order valence-corrected chi connectivity index (χ1v) is 12.2. The quantitative estimate of drug-likeness (QED) is 0.106. The molecule has 0 aliphatic rings. The van der Waals surface area contributed by atoms with E-state index in [1.807, 2.05) is 0 Å². The molecule has 7 N–H and O–H groups in total. The number of alkyl halides is 3. The third-order valence-corrected chi connectivity index (χ3v) is 5.82. The highest BCUT2D eigenvalue weighted by Crippen LogP contribution is 2.23. The van der Waals surface area contributed by atoms with E-state index in [1.165, 1.54) is 30.3 Å². The zero-order valence-corrected chi connectivity index (χ0v) is 21.6. The summed E-state index contributed by atoms with van der Waals surface area (Å²) < 4.78 is 60.3. The van der Waals surface area contributed by atoms with Crippen molar-refractivity contribution >= 4 is 56.7 Å². The van der Waals surface area contributed by atoms with Crippen molar-refractivity contribution in [2.24, 2.45) is 5.73 Å². The summed E-state index contributed by atoms with van der Waals surface area (Å²) in [6.07, 6.45) is -5.08. The van der Waals surface area contributed by atoms with E-state index in [2.05, 4.69) is 15.5 Å². The number of guanidine groups is 1. The number of pyridine rings is 1. The van der Waals surface area contributed by atoms with E-state index in [-0.39, 0.29) is 46.3 Å². The van der Waals surface area contributed by atoms with E-state index in [0.29, 0.717) is 5.69 Å². The molecule has 0 atom stereocenters. The number of rotatable bonds is 9. The molecule has 0 saturated carbocycles. The lowest BCUT2D eigenvalue weighted by molar-refractivity contribution is -0.192. The molecule has 0 radical (unpaired) electrons. The number of nitrogens with one attached hydrogen (secondary N) is 4. The molecule has 0 aliphatic heterocycles. The van der Waals surface area contributed by atoms with Crippen molar-refractivity contribution in [3.63, 3.8) is 0 Å². The first kappa shape index (κ1) is 32.5. The Bertz CT molecular complexity index is 1330.